The minimum atomic E-state index is -3.71. The third-order valence-corrected chi connectivity index (χ3v) is 5.66. The van der Waals surface area contributed by atoms with Gasteiger partial charge in [-0.15, -0.1) is 0 Å². The molecule has 0 atom stereocenters. The van der Waals surface area contributed by atoms with E-state index >= 15 is 0 Å². The summed E-state index contributed by atoms with van der Waals surface area (Å²) in [6.45, 7) is 8.84. The maximum absolute atomic E-state index is 12.6. The molecule has 1 aromatic heterocycles. The summed E-state index contributed by atoms with van der Waals surface area (Å²) in [5, 5.41) is 8.91. The second-order valence-electron chi connectivity index (χ2n) is 5.93. The molecule has 1 N–H and O–H groups in total. The van der Waals surface area contributed by atoms with Crippen LogP contribution in [-0.4, -0.2) is 61.4 Å². The average Bonchev–Trinajstić information content (AvgIpc) is 2.82. The third kappa shape index (κ3) is 3.50. The monoisotopic (exact) mass is 330 g/mol. The number of sulfonamides is 1. The molecular formula is C14H22N2O5S. The predicted molar refractivity (Wildman–Crippen MR) is 80.4 cm³/mol. The summed E-state index contributed by atoms with van der Waals surface area (Å²) in [7, 11) is -3.71. The number of aryl methyl sites for hydroxylation is 1. The van der Waals surface area contributed by atoms with Crippen molar-refractivity contribution in [3.05, 3.63) is 17.6 Å². The highest BCUT2D eigenvalue weighted by molar-refractivity contribution is 7.89. The molecule has 2 heterocycles. The fraction of sp³-hybridized carbons (Fsp3) is 0.643. The van der Waals surface area contributed by atoms with Gasteiger partial charge in [0.2, 0.25) is 15.8 Å². The van der Waals surface area contributed by atoms with Crippen LogP contribution in [0.2, 0.25) is 0 Å². The van der Waals surface area contributed by atoms with Gasteiger partial charge in [-0.3, -0.25) is 0 Å². The molecule has 1 aliphatic rings. The number of hydrogen-bond donors (Lipinski definition) is 1. The summed E-state index contributed by atoms with van der Waals surface area (Å²) in [5.74, 6) is -0.972. The molecule has 0 aliphatic carbocycles. The summed E-state index contributed by atoms with van der Waals surface area (Å²) in [6.07, 6.45) is 0. The molecule has 22 heavy (non-hydrogen) atoms. The van der Waals surface area contributed by atoms with Crippen LogP contribution in [0.25, 0.3) is 0 Å². The van der Waals surface area contributed by atoms with Crippen molar-refractivity contribution < 1.29 is 22.7 Å². The van der Waals surface area contributed by atoms with Crippen molar-refractivity contribution in [3.63, 3.8) is 0 Å². The van der Waals surface area contributed by atoms with E-state index in [1.807, 2.05) is 0 Å². The van der Waals surface area contributed by atoms with E-state index in [0.29, 0.717) is 32.1 Å². The quantitative estimate of drug-likeness (QED) is 0.873. The number of aromatic carboxylic acids is 1. The Morgan fingerprint density at radius 1 is 1.32 bits per heavy atom. The van der Waals surface area contributed by atoms with Crippen molar-refractivity contribution in [2.45, 2.75) is 25.7 Å². The van der Waals surface area contributed by atoms with Crippen LogP contribution >= 0.6 is 0 Å². The molecule has 0 spiro atoms. The van der Waals surface area contributed by atoms with Gasteiger partial charge < -0.3 is 14.4 Å². The first-order valence-electron chi connectivity index (χ1n) is 7.28. The molecule has 1 fully saturated rings. The van der Waals surface area contributed by atoms with Gasteiger partial charge in [-0.1, -0.05) is 13.8 Å². The van der Waals surface area contributed by atoms with Gasteiger partial charge in [-0.2, -0.15) is 4.31 Å². The maximum atomic E-state index is 12.6. The summed E-state index contributed by atoms with van der Waals surface area (Å²) in [5.41, 5.74) is 0. The van der Waals surface area contributed by atoms with Gasteiger partial charge in [-0.25, -0.2) is 13.2 Å². The Hall–Kier alpha value is -1.38. The summed E-state index contributed by atoms with van der Waals surface area (Å²) in [6, 6.07) is 1.09. The summed E-state index contributed by atoms with van der Waals surface area (Å²) >= 11 is 0. The van der Waals surface area contributed by atoms with Gasteiger partial charge in [0, 0.05) is 38.8 Å². The highest BCUT2D eigenvalue weighted by Gasteiger charge is 2.32. The number of furan rings is 1. The van der Waals surface area contributed by atoms with Gasteiger partial charge in [0.25, 0.3) is 0 Å². The van der Waals surface area contributed by atoms with Crippen molar-refractivity contribution >= 4 is 16.0 Å². The SMILES string of the molecule is Cc1oc(C(=O)O)cc1S(=O)(=O)N1CCN(CC(C)C)CC1. The Bertz CT molecular complexity index is 642. The molecule has 8 heteroatoms. The van der Waals surface area contributed by atoms with Crippen molar-refractivity contribution in [2.75, 3.05) is 32.7 Å². The molecule has 2 rings (SSSR count). The fourth-order valence-corrected chi connectivity index (χ4v) is 4.22. The van der Waals surface area contributed by atoms with Crippen LogP contribution in [0, 0.1) is 12.8 Å². The normalized spacial score (nSPS) is 18.0. The van der Waals surface area contributed by atoms with E-state index in [0.717, 1.165) is 12.6 Å². The second-order valence-corrected chi connectivity index (χ2v) is 7.84. The van der Waals surface area contributed by atoms with E-state index in [1.54, 1.807) is 0 Å². The summed E-state index contributed by atoms with van der Waals surface area (Å²) in [4.78, 5) is 13.1. The zero-order chi connectivity index (χ0) is 16.5. The van der Waals surface area contributed by atoms with Crippen molar-refractivity contribution in [1.82, 2.24) is 9.21 Å². The number of hydrogen-bond acceptors (Lipinski definition) is 5. The van der Waals surface area contributed by atoms with E-state index < -0.39 is 16.0 Å². The fourth-order valence-electron chi connectivity index (χ4n) is 2.63. The van der Waals surface area contributed by atoms with Gasteiger partial charge in [0.1, 0.15) is 10.7 Å². The van der Waals surface area contributed by atoms with Crippen LogP contribution in [0.15, 0.2) is 15.4 Å². The smallest absolute Gasteiger partial charge is 0.371 e. The Labute approximate surface area is 130 Å². The zero-order valence-corrected chi connectivity index (χ0v) is 13.9. The molecule has 1 aliphatic heterocycles. The molecule has 0 unspecified atom stereocenters. The molecular weight excluding hydrogens is 308 g/mol. The van der Waals surface area contributed by atoms with Crippen LogP contribution in [0.5, 0.6) is 0 Å². The molecule has 0 bridgehead atoms. The van der Waals surface area contributed by atoms with Crippen LogP contribution in [-0.2, 0) is 10.0 Å². The Morgan fingerprint density at radius 3 is 2.36 bits per heavy atom. The lowest BCUT2D eigenvalue weighted by Crippen LogP contribution is -2.49. The standard InChI is InChI=1S/C14H22N2O5S/c1-10(2)9-15-4-6-16(7-5-15)22(19,20)13-8-12(14(17)18)21-11(13)3/h8,10H,4-7,9H2,1-3H3,(H,17,18). The first kappa shape index (κ1) is 17.0. The van der Waals surface area contributed by atoms with Crippen LogP contribution < -0.4 is 0 Å². The van der Waals surface area contributed by atoms with Crippen LogP contribution in [0.4, 0.5) is 0 Å². The number of nitrogens with zero attached hydrogens (tertiary/aromatic N) is 2. The first-order chi connectivity index (χ1) is 10.2. The van der Waals surface area contributed by atoms with Crippen LogP contribution in [0.1, 0.15) is 30.2 Å². The number of piperazine rings is 1. The first-order valence-corrected chi connectivity index (χ1v) is 8.72. The third-order valence-electron chi connectivity index (χ3n) is 3.66. The Balaban J connectivity index is 2.13. The molecule has 1 saturated heterocycles. The molecule has 7 nitrogen and oxygen atoms in total. The largest absolute Gasteiger partial charge is 0.475 e. The highest BCUT2D eigenvalue weighted by atomic mass is 32.2. The molecule has 0 amide bonds. The van der Waals surface area contributed by atoms with Gasteiger partial charge in [-0.05, 0) is 12.8 Å². The molecule has 0 aromatic carbocycles. The maximum Gasteiger partial charge on any atom is 0.371 e. The van der Waals surface area contributed by atoms with Gasteiger partial charge in [0.05, 0.1) is 0 Å². The van der Waals surface area contributed by atoms with Gasteiger partial charge in [0.15, 0.2) is 0 Å². The minimum absolute atomic E-state index is 0.0535. The second kappa shape index (κ2) is 6.39. The van der Waals surface area contributed by atoms with E-state index in [-0.39, 0.29) is 16.4 Å². The number of carboxylic acids is 1. The average molecular weight is 330 g/mol. The van der Waals surface area contributed by atoms with Crippen molar-refractivity contribution in [3.8, 4) is 0 Å². The molecule has 0 saturated carbocycles. The number of rotatable bonds is 5. The van der Waals surface area contributed by atoms with Gasteiger partial charge >= 0.3 is 5.97 Å². The molecule has 1 aromatic rings. The lowest BCUT2D eigenvalue weighted by atomic mass is 10.2. The van der Waals surface area contributed by atoms with E-state index in [2.05, 4.69) is 18.7 Å². The highest BCUT2D eigenvalue weighted by Crippen LogP contribution is 2.24. The van der Waals surface area contributed by atoms with E-state index in [4.69, 9.17) is 9.52 Å². The molecule has 0 radical (unpaired) electrons. The van der Waals surface area contributed by atoms with Crippen molar-refractivity contribution in [1.29, 1.82) is 0 Å². The predicted octanol–water partition coefficient (Wildman–Crippen LogP) is 1.25. The summed E-state index contributed by atoms with van der Waals surface area (Å²) < 4.78 is 31.7. The van der Waals surface area contributed by atoms with E-state index in [1.165, 1.54) is 11.2 Å². The minimum Gasteiger partial charge on any atom is -0.475 e. The number of carboxylic acid groups (broad SMARTS) is 1. The molecule has 124 valence electrons. The number of carbonyl (C=O) groups is 1. The lowest BCUT2D eigenvalue weighted by molar-refractivity contribution is 0.0661. The van der Waals surface area contributed by atoms with E-state index in [9.17, 15) is 13.2 Å². The van der Waals surface area contributed by atoms with Crippen molar-refractivity contribution in [2.24, 2.45) is 5.92 Å². The lowest BCUT2D eigenvalue weighted by Gasteiger charge is -2.34. The van der Waals surface area contributed by atoms with Crippen LogP contribution in [0.3, 0.4) is 0 Å². The topological polar surface area (TPSA) is 91.1 Å². The zero-order valence-electron chi connectivity index (χ0n) is 13.1. The Morgan fingerprint density at radius 2 is 1.91 bits per heavy atom. The Kier molecular flexibility index (Phi) is 4.93.